The summed E-state index contributed by atoms with van der Waals surface area (Å²) in [5.74, 6) is 1.66. The van der Waals surface area contributed by atoms with Gasteiger partial charge in [0.2, 0.25) is 0 Å². The van der Waals surface area contributed by atoms with Crippen LogP contribution in [0.3, 0.4) is 0 Å². The third-order valence-corrected chi connectivity index (χ3v) is 4.51. The highest BCUT2D eigenvalue weighted by molar-refractivity contribution is 6.30. The Labute approximate surface area is 113 Å². The largest absolute Gasteiger partial charge is 0.493 e. The van der Waals surface area contributed by atoms with Crippen molar-refractivity contribution in [1.29, 1.82) is 0 Å². The first-order valence-corrected chi connectivity index (χ1v) is 7.17. The van der Waals surface area contributed by atoms with Gasteiger partial charge in [-0.1, -0.05) is 11.6 Å². The van der Waals surface area contributed by atoms with Crippen molar-refractivity contribution in [3.05, 3.63) is 28.8 Å². The SMILES string of the molecule is CC(N)C1(c2cc(Cl)cc(OCC3CC3)c2)CC1. The summed E-state index contributed by atoms with van der Waals surface area (Å²) in [5.41, 5.74) is 7.50. The van der Waals surface area contributed by atoms with Crippen LogP contribution in [0, 0.1) is 5.92 Å². The van der Waals surface area contributed by atoms with Crippen LogP contribution in [-0.2, 0) is 5.41 Å². The molecule has 1 aromatic rings. The fraction of sp³-hybridized carbons (Fsp3) is 0.600. The summed E-state index contributed by atoms with van der Waals surface area (Å²) in [7, 11) is 0. The second-order valence-corrected chi connectivity index (χ2v) is 6.31. The fourth-order valence-electron chi connectivity index (χ4n) is 2.57. The molecule has 0 heterocycles. The Morgan fingerprint density at radius 3 is 2.67 bits per heavy atom. The van der Waals surface area contributed by atoms with Gasteiger partial charge in [0.25, 0.3) is 0 Å². The predicted octanol–water partition coefficient (Wildman–Crippen LogP) is 3.51. The van der Waals surface area contributed by atoms with Gasteiger partial charge >= 0.3 is 0 Å². The van der Waals surface area contributed by atoms with Crippen molar-refractivity contribution in [2.75, 3.05) is 6.61 Å². The summed E-state index contributed by atoms with van der Waals surface area (Å²) in [5, 5.41) is 0.755. The lowest BCUT2D eigenvalue weighted by Gasteiger charge is -2.21. The van der Waals surface area contributed by atoms with E-state index in [1.807, 2.05) is 12.1 Å². The molecule has 1 aromatic carbocycles. The highest BCUT2D eigenvalue weighted by Crippen LogP contribution is 2.51. The van der Waals surface area contributed by atoms with Crippen molar-refractivity contribution in [1.82, 2.24) is 0 Å². The van der Waals surface area contributed by atoms with E-state index in [0.717, 1.165) is 36.1 Å². The first-order valence-electron chi connectivity index (χ1n) is 6.80. The number of ether oxygens (including phenoxy) is 1. The number of hydrogen-bond acceptors (Lipinski definition) is 2. The van der Waals surface area contributed by atoms with Crippen LogP contribution >= 0.6 is 11.6 Å². The van der Waals surface area contributed by atoms with E-state index in [1.165, 1.54) is 18.4 Å². The number of benzene rings is 1. The van der Waals surface area contributed by atoms with Crippen molar-refractivity contribution in [2.45, 2.75) is 44.1 Å². The molecule has 18 heavy (non-hydrogen) atoms. The minimum atomic E-state index is 0.141. The summed E-state index contributed by atoms with van der Waals surface area (Å²) in [6.07, 6.45) is 4.93. The van der Waals surface area contributed by atoms with E-state index in [1.54, 1.807) is 0 Å². The van der Waals surface area contributed by atoms with Crippen LogP contribution in [-0.4, -0.2) is 12.6 Å². The molecule has 0 bridgehead atoms. The maximum atomic E-state index is 6.20. The molecule has 1 unspecified atom stereocenters. The highest BCUT2D eigenvalue weighted by Gasteiger charge is 2.47. The molecule has 2 N–H and O–H groups in total. The van der Waals surface area contributed by atoms with Gasteiger partial charge in [0.05, 0.1) is 6.61 Å². The molecule has 1 atom stereocenters. The van der Waals surface area contributed by atoms with Crippen LogP contribution in [0.4, 0.5) is 0 Å². The van der Waals surface area contributed by atoms with Gasteiger partial charge in [-0.05, 0) is 62.3 Å². The average molecular weight is 266 g/mol. The summed E-state index contributed by atoms with van der Waals surface area (Å²) in [6, 6.07) is 6.25. The highest BCUT2D eigenvalue weighted by atomic mass is 35.5. The molecule has 0 saturated heterocycles. The van der Waals surface area contributed by atoms with Crippen LogP contribution in [0.15, 0.2) is 18.2 Å². The van der Waals surface area contributed by atoms with Crippen LogP contribution in [0.5, 0.6) is 5.75 Å². The average Bonchev–Trinajstić information content (AvgIpc) is 3.18. The molecule has 0 spiro atoms. The van der Waals surface area contributed by atoms with Crippen molar-refractivity contribution in [2.24, 2.45) is 11.7 Å². The van der Waals surface area contributed by atoms with E-state index in [4.69, 9.17) is 22.1 Å². The molecular formula is C15H20ClNO. The lowest BCUT2D eigenvalue weighted by atomic mass is 9.89. The molecule has 2 saturated carbocycles. The second-order valence-electron chi connectivity index (χ2n) is 5.87. The van der Waals surface area contributed by atoms with Crippen LogP contribution in [0.1, 0.15) is 38.2 Å². The van der Waals surface area contributed by atoms with Crippen molar-refractivity contribution in [3.8, 4) is 5.75 Å². The van der Waals surface area contributed by atoms with Gasteiger partial charge in [-0.15, -0.1) is 0 Å². The van der Waals surface area contributed by atoms with Gasteiger partial charge in [0.1, 0.15) is 5.75 Å². The van der Waals surface area contributed by atoms with Crippen LogP contribution in [0.2, 0.25) is 5.02 Å². The first kappa shape index (κ1) is 12.3. The molecular weight excluding hydrogens is 246 g/mol. The van der Waals surface area contributed by atoms with Gasteiger partial charge in [-0.3, -0.25) is 0 Å². The Bertz CT molecular complexity index is 450. The summed E-state index contributed by atoms with van der Waals surface area (Å²) < 4.78 is 5.83. The van der Waals surface area contributed by atoms with Crippen molar-refractivity contribution < 1.29 is 4.74 Å². The minimum absolute atomic E-state index is 0.141. The molecule has 0 amide bonds. The third-order valence-electron chi connectivity index (χ3n) is 4.29. The summed E-state index contributed by atoms with van der Waals surface area (Å²) in [6.45, 7) is 2.91. The van der Waals surface area contributed by atoms with Gasteiger partial charge in [0, 0.05) is 16.5 Å². The van der Waals surface area contributed by atoms with E-state index in [0.29, 0.717) is 0 Å². The van der Waals surface area contributed by atoms with Gasteiger partial charge in [-0.25, -0.2) is 0 Å². The first-order chi connectivity index (χ1) is 8.60. The maximum Gasteiger partial charge on any atom is 0.121 e. The Morgan fingerprint density at radius 2 is 2.11 bits per heavy atom. The Hall–Kier alpha value is -0.730. The lowest BCUT2D eigenvalue weighted by molar-refractivity contribution is 0.299. The molecule has 0 aliphatic heterocycles. The monoisotopic (exact) mass is 265 g/mol. The number of halogens is 1. The molecule has 2 aliphatic carbocycles. The standard InChI is InChI=1S/C15H20ClNO/c1-10(17)15(4-5-15)12-6-13(16)8-14(7-12)18-9-11-2-3-11/h6-8,10-11H,2-5,9,17H2,1H3. The van der Waals surface area contributed by atoms with Gasteiger partial charge < -0.3 is 10.5 Å². The maximum absolute atomic E-state index is 6.20. The number of nitrogens with two attached hydrogens (primary N) is 1. The smallest absolute Gasteiger partial charge is 0.121 e. The molecule has 98 valence electrons. The van der Waals surface area contributed by atoms with Crippen LogP contribution in [0.25, 0.3) is 0 Å². The molecule has 0 aromatic heterocycles. The topological polar surface area (TPSA) is 35.2 Å². The van der Waals surface area contributed by atoms with Gasteiger partial charge in [0.15, 0.2) is 0 Å². The molecule has 2 aliphatic rings. The minimum Gasteiger partial charge on any atom is -0.493 e. The van der Waals surface area contributed by atoms with E-state index >= 15 is 0 Å². The van der Waals surface area contributed by atoms with E-state index in [2.05, 4.69) is 13.0 Å². The Balaban J connectivity index is 1.81. The zero-order valence-electron chi connectivity index (χ0n) is 10.8. The Morgan fingerprint density at radius 1 is 1.39 bits per heavy atom. The fourth-order valence-corrected chi connectivity index (χ4v) is 2.80. The lowest BCUT2D eigenvalue weighted by Crippen LogP contribution is -2.31. The normalized spacial score (nSPS) is 22.6. The zero-order chi connectivity index (χ0) is 12.8. The second kappa shape index (κ2) is 4.43. The molecule has 0 radical (unpaired) electrons. The van der Waals surface area contributed by atoms with E-state index in [-0.39, 0.29) is 11.5 Å². The van der Waals surface area contributed by atoms with E-state index < -0.39 is 0 Å². The molecule has 2 fully saturated rings. The number of hydrogen-bond donors (Lipinski definition) is 1. The predicted molar refractivity (Wildman–Crippen MR) is 74.2 cm³/mol. The summed E-state index contributed by atoms with van der Waals surface area (Å²) >= 11 is 6.20. The van der Waals surface area contributed by atoms with E-state index in [9.17, 15) is 0 Å². The Kier molecular flexibility index (Phi) is 3.03. The summed E-state index contributed by atoms with van der Waals surface area (Å²) in [4.78, 5) is 0. The third kappa shape index (κ3) is 2.36. The van der Waals surface area contributed by atoms with Crippen LogP contribution < -0.4 is 10.5 Å². The quantitative estimate of drug-likeness (QED) is 0.884. The molecule has 2 nitrogen and oxygen atoms in total. The number of rotatable bonds is 5. The van der Waals surface area contributed by atoms with Crippen molar-refractivity contribution in [3.63, 3.8) is 0 Å². The molecule has 3 heteroatoms. The van der Waals surface area contributed by atoms with Gasteiger partial charge in [-0.2, -0.15) is 0 Å². The molecule has 3 rings (SSSR count). The van der Waals surface area contributed by atoms with Crippen molar-refractivity contribution >= 4 is 11.6 Å². The zero-order valence-corrected chi connectivity index (χ0v) is 11.5.